The number of benzene rings is 1. The van der Waals surface area contributed by atoms with Gasteiger partial charge in [0.05, 0.1) is 0 Å². The van der Waals surface area contributed by atoms with Crippen LogP contribution in [-0.4, -0.2) is 58.1 Å². The number of rotatable bonds is 4. The van der Waals surface area contributed by atoms with Crippen molar-refractivity contribution in [1.82, 2.24) is 0 Å². The van der Waals surface area contributed by atoms with Gasteiger partial charge in [-0.2, -0.15) is 0 Å². The van der Waals surface area contributed by atoms with Crippen molar-refractivity contribution in [2.24, 2.45) is 0 Å². The van der Waals surface area contributed by atoms with Gasteiger partial charge >= 0.3 is 0 Å². The van der Waals surface area contributed by atoms with Crippen LogP contribution in [0.1, 0.15) is 17.3 Å². The Morgan fingerprint density at radius 1 is 1.38 bits per heavy atom. The Kier molecular flexibility index (Phi) is 3.46. The van der Waals surface area contributed by atoms with Gasteiger partial charge in [-0.15, -0.1) is 0 Å². The predicted octanol–water partition coefficient (Wildman–Crippen LogP) is -0.567. The van der Waals surface area contributed by atoms with E-state index in [0.29, 0.717) is 11.3 Å². The molecule has 0 radical (unpaired) electrons. The molecule has 21 heavy (non-hydrogen) atoms. The first kappa shape index (κ1) is 14.4. The molecule has 3 fully saturated rings. The molecular formula is C14H16O7. The fourth-order valence-electron chi connectivity index (χ4n) is 2.50. The van der Waals surface area contributed by atoms with E-state index in [-0.39, 0.29) is 5.78 Å². The highest BCUT2D eigenvalue weighted by Crippen LogP contribution is 2.43. The lowest BCUT2D eigenvalue weighted by Gasteiger charge is -2.58. The maximum absolute atomic E-state index is 11.3. The third-order valence-electron chi connectivity index (χ3n) is 3.74. The molecule has 3 heterocycles. The van der Waals surface area contributed by atoms with Gasteiger partial charge in [-0.05, 0) is 19.1 Å². The minimum atomic E-state index is -1.55. The van der Waals surface area contributed by atoms with E-state index in [4.69, 9.17) is 14.2 Å². The van der Waals surface area contributed by atoms with Crippen molar-refractivity contribution < 1.29 is 34.3 Å². The fraction of sp³-hybridized carbons (Fsp3) is 0.500. The maximum Gasteiger partial charge on any atom is 0.231 e. The number of hydrogen-bond donors (Lipinski definition) is 3. The topological polar surface area (TPSA) is 105 Å². The second-order valence-corrected chi connectivity index (χ2v) is 5.18. The van der Waals surface area contributed by atoms with E-state index in [1.807, 2.05) is 0 Å². The zero-order valence-corrected chi connectivity index (χ0v) is 11.3. The standard InChI is InChI=1S/C14H16O7/c1-7(16)8-3-2-4-9(5-8)19-13-10(17)11-12(18)14(6-15,20-11)21-13/h2-5,10-13,15,17-18H,6H2,1H3/t10?,11?,12-,13+,14?/m0/s1. The Labute approximate surface area is 120 Å². The summed E-state index contributed by atoms with van der Waals surface area (Å²) < 4.78 is 16.0. The van der Waals surface area contributed by atoms with Crippen LogP contribution < -0.4 is 4.74 Å². The quantitative estimate of drug-likeness (QED) is 0.639. The van der Waals surface area contributed by atoms with Gasteiger partial charge in [0.1, 0.15) is 30.7 Å². The third kappa shape index (κ3) is 2.23. The molecule has 0 aliphatic carbocycles. The zero-order chi connectivity index (χ0) is 15.2. The lowest BCUT2D eigenvalue weighted by molar-refractivity contribution is -0.492. The number of hydrogen-bond acceptors (Lipinski definition) is 7. The molecule has 0 aromatic heterocycles. The largest absolute Gasteiger partial charge is 0.462 e. The molecular weight excluding hydrogens is 280 g/mol. The third-order valence-corrected chi connectivity index (χ3v) is 3.74. The van der Waals surface area contributed by atoms with E-state index in [2.05, 4.69) is 0 Å². The minimum Gasteiger partial charge on any atom is -0.462 e. The molecule has 3 saturated heterocycles. The number of aliphatic hydroxyl groups is 3. The smallest absolute Gasteiger partial charge is 0.231 e. The summed E-state index contributed by atoms with van der Waals surface area (Å²) in [6.07, 6.45) is -4.27. The van der Waals surface area contributed by atoms with Crippen molar-refractivity contribution in [1.29, 1.82) is 0 Å². The second kappa shape index (κ2) is 5.04. The van der Waals surface area contributed by atoms with Crippen molar-refractivity contribution in [3.63, 3.8) is 0 Å². The molecule has 1 aromatic rings. The summed E-state index contributed by atoms with van der Waals surface area (Å²) in [5.41, 5.74) is 0.469. The molecule has 7 heteroatoms. The maximum atomic E-state index is 11.3. The zero-order valence-electron chi connectivity index (χ0n) is 11.3. The van der Waals surface area contributed by atoms with E-state index < -0.39 is 37.0 Å². The number of carbonyl (C=O) groups is 1. The molecule has 3 aliphatic heterocycles. The second-order valence-electron chi connectivity index (χ2n) is 5.18. The minimum absolute atomic E-state index is 0.112. The predicted molar refractivity (Wildman–Crippen MR) is 68.7 cm³/mol. The van der Waals surface area contributed by atoms with Crippen LogP contribution in [0, 0.1) is 0 Å². The van der Waals surface area contributed by atoms with E-state index in [0.717, 1.165) is 0 Å². The molecule has 0 spiro atoms. The molecule has 4 rings (SSSR count). The Balaban J connectivity index is 1.76. The van der Waals surface area contributed by atoms with Gasteiger partial charge in [0.2, 0.25) is 12.1 Å². The average Bonchev–Trinajstić information content (AvgIpc) is 2.48. The number of carbonyl (C=O) groups excluding carboxylic acids is 1. The molecule has 3 aliphatic rings. The molecule has 5 atom stereocenters. The van der Waals surface area contributed by atoms with Crippen LogP contribution in [0.25, 0.3) is 0 Å². The van der Waals surface area contributed by atoms with Crippen LogP contribution >= 0.6 is 0 Å². The summed E-state index contributed by atoms with van der Waals surface area (Å²) in [6, 6.07) is 6.44. The summed E-state index contributed by atoms with van der Waals surface area (Å²) in [5.74, 6) is -1.32. The molecule has 1 aromatic carbocycles. The molecule has 7 nitrogen and oxygen atoms in total. The number of aliphatic hydroxyl groups excluding tert-OH is 3. The summed E-state index contributed by atoms with van der Waals surface area (Å²) in [6.45, 7) is 0.885. The lowest BCUT2D eigenvalue weighted by atomic mass is 9.89. The highest BCUT2D eigenvalue weighted by molar-refractivity contribution is 5.94. The molecule has 3 N–H and O–H groups in total. The average molecular weight is 296 g/mol. The van der Waals surface area contributed by atoms with Crippen LogP contribution in [0.15, 0.2) is 24.3 Å². The SMILES string of the molecule is CC(=O)c1cccc(O[C@@H]2OC3(CO)OC(C2O)[C@@H]3O)c1. The van der Waals surface area contributed by atoms with Crippen molar-refractivity contribution in [3.8, 4) is 5.75 Å². The number of ether oxygens (including phenoxy) is 3. The molecule has 2 bridgehead atoms. The highest BCUT2D eigenvalue weighted by Gasteiger charge is 2.66. The Hall–Kier alpha value is -1.51. The Morgan fingerprint density at radius 2 is 2.14 bits per heavy atom. The first-order valence-electron chi connectivity index (χ1n) is 6.57. The number of Topliss-reactive ketones (excluding diaryl/α,β-unsaturated/α-hetero) is 1. The highest BCUT2D eigenvalue weighted by atomic mass is 16.8. The molecule has 3 unspecified atom stereocenters. The molecule has 0 amide bonds. The van der Waals surface area contributed by atoms with E-state index >= 15 is 0 Å². The lowest BCUT2D eigenvalue weighted by Crippen LogP contribution is -2.78. The fourth-order valence-corrected chi connectivity index (χ4v) is 2.50. The van der Waals surface area contributed by atoms with E-state index in [1.54, 1.807) is 18.2 Å². The summed E-state index contributed by atoms with van der Waals surface area (Å²) in [7, 11) is 0. The summed E-state index contributed by atoms with van der Waals surface area (Å²) >= 11 is 0. The normalized spacial score (nSPS) is 37.7. The van der Waals surface area contributed by atoms with Crippen molar-refractivity contribution >= 4 is 5.78 Å². The molecule has 0 saturated carbocycles. The van der Waals surface area contributed by atoms with Gasteiger partial charge < -0.3 is 29.5 Å². The first-order chi connectivity index (χ1) is 9.97. The van der Waals surface area contributed by atoms with Gasteiger partial charge in [0.15, 0.2) is 5.78 Å². The van der Waals surface area contributed by atoms with Crippen LogP contribution in [0.2, 0.25) is 0 Å². The van der Waals surface area contributed by atoms with Crippen LogP contribution in [0.5, 0.6) is 5.75 Å². The Morgan fingerprint density at radius 3 is 2.76 bits per heavy atom. The van der Waals surface area contributed by atoms with Gasteiger partial charge in [-0.25, -0.2) is 0 Å². The monoisotopic (exact) mass is 296 g/mol. The first-order valence-corrected chi connectivity index (χ1v) is 6.57. The van der Waals surface area contributed by atoms with Gasteiger partial charge in [0.25, 0.3) is 0 Å². The van der Waals surface area contributed by atoms with Crippen LogP contribution in [-0.2, 0) is 9.47 Å². The Bertz CT molecular complexity index is 560. The summed E-state index contributed by atoms with van der Waals surface area (Å²) in [5, 5.41) is 29.0. The number of ketones is 1. The van der Waals surface area contributed by atoms with Crippen LogP contribution in [0.4, 0.5) is 0 Å². The van der Waals surface area contributed by atoms with E-state index in [9.17, 15) is 20.1 Å². The van der Waals surface area contributed by atoms with Crippen molar-refractivity contribution in [2.45, 2.75) is 37.3 Å². The molecule has 114 valence electrons. The van der Waals surface area contributed by atoms with E-state index in [1.165, 1.54) is 13.0 Å². The van der Waals surface area contributed by atoms with Gasteiger partial charge in [0, 0.05) is 5.56 Å². The summed E-state index contributed by atoms with van der Waals surface area (Å²) in [4.78, 5) is 11.3. The van der Waals surface area contributed by atoms with Crippen molar-refractivity contribution in [2.75, 3.05) is 6.61 Å². The van der Waals surface area contributed by atoms with Gasteiger partial charge in [-0.1, -0.05) is 12.1 Å². The van der Waals surface area contributed by atoms with Crippen molar-refractivity contribution in [3.05, 3.63) is 29.8 Å². The van der Waals surface area contributed by atoms with Gasteiger partial charge in [-0.3, -0.25) is 4.79 Å². The van der Waals surface area contributed by atoms with Crippen LogP contribution in [0.3, 0.4) is 0 Å². The number of fused-ring (bicyclic) bond motifs is 2.